The van der Waals surface area contributed by atoms with Gasteiger partial charge in [0.2, 0.25) is 0 Å². The van der Waals surface area contributed by atoms with Gasteiger partial charge in [-0.3, -0.25) is 14.3 Å². The molecule has 0 saturated heterocycles. The number of nitrogens with zero attached hydrogens (tertiary/aromatic N) is 2. The smallest absolute Gasteiger partial charge is 0.308 e. The summed E-state index contributed by atoms with van der Waals surface area (Å²) in [7, 11) is 1.76. The molecule has 6 heteroatoms. The van der Waals surface area contributed by atoms with Crippen molar-refractivity contribution < 1.29 is 14.7 Å². The molecule has 0 aliphatic carbocycles. The number of aryl methyl sites for hydroxylation is 2. The molecule has 1 unspecified atom stereocenters. The largest absolute Gasteiger partial charge is 0.481 e. The number of amides is 1. The van der Waals surface area contributed by atoms with E-state index >= 15 is 0 Å². The number of hydrogen-bond acceptors (Lipinski definition) is 3. The first-order chi connectivity index (χ1) is 9.64. The monoisotopic (exact) mass is 295 g/mol. The standard InChI is InChI=1S/C15H25N3O3/c1-6-12-11(9-18(5)17-12)13(19)16-8-10(14(20)21)7-15(2,3)4/h9-10H,6-8H2,1-5H3,(H,16,19)(H,20,21). The fourth-order valence-electron chi connectivity index (χ4n) is 2.28. The molecule has 0 spiro atoms. The third-order valence-electron chi connectivity index (χ3n) is 3.20. The van der Waals surface area contributed by atoms with Crippen LogP contribution in [0.2, 0.25) is 0 Å². The first-order valence-corrected chi connectivity index (χ1v) is 7.17. The van der Waals surface area contributed by atoms with Gasteiger partial charge in [0.15, 0.2) is 0 Å². The van der Waals surface area contributed by atoms with Crippen molar-refractivity contribution in [3.63, 3.8) is 0 Å². The van der Waals surface area contributed by atoms with Crippen molar-refractivity contribution in [1.82, 2.24) is 15.1 Å². The van der Waals surface area contributed by atoms with Crippen LogP contribution >= 0.6 is 0 Å². The number of rotatable bonds is 6. The van der Waals surface area contributed by atoms with Crippen molar-refractivity contribution in [2.75, 3.05) is 6.54 Å². The molecule has 1 heterocycles. The summed E-state index contributed by atoms with van der Waals surface area (Å²) in [5, 5.41) is 16.2. The van der Waals surface area contributed by atoms with Gasteiger partial charge in [-0.2, -0.15) is 5.10 Å². The lowest BCUT2D eigenvalue weighted by Gasteiger charge is -2.23. The van der Waals surface area contributed by atoms with E-state index in [0.717, 1.165) is 5.69 Å². The first kappa shape index (κ1) is 17.2. The summed E-state index contributed by atoms with van der Waals surface area (Å²) in [6.07, 6.45) is 2.83. The Hall–Kier alpha value is -1.85. The summed E-state index contributed by atoms with van der Waals surface area (Å²) < 4.78 is 1.59. The zero-order valence-electron chi connectivity index (χ0n) is 13.4. The Balaban J connectivity index is 2.71. The molecule has 21 heavy (non-hydrogen) atoms. The van der Waals surface area contributed by atoms with Gasteiger partial charge in [0, 0.05) is 19.8 Å². The lowest BCUT2D eigenvalue weighted by Crippen LogP contribution is -2.35. The second-order valence-electron chi connectivity index (χ2n) is 6.53. The van der Waals surface area contributed by atoms with Gasteiger partial charge in [-0.05, 0) is 18.3 Å². The van der Waals surface area contributed by atoms with Gasteiger partial charge in [-0.25, -0.2) is 0 Å². The second kappa shape index (κ2) is 6.74. The maximum atomic E-state index is 12.2. The van der Waals surface area contributed by atoms with Gasteiger partial charge in [-0.1, -0.05) is 27.7 Å². The molecule has 6 nitrogen and oxygen atoms in total. The highest BCUT2D eigenvalue weighted by atomic mass is 16.4. The summed E-state index contributed by atoms with van der Waals surface area (Å²) in [5.74, 6) is -1.73. The molecule has 0 aliphatic heterocycles. The van der Waals surface area contributed by atoms with E-state index in [4.69, 9.17) is 0 Å². The molecular weight excluding hydrogens is 270 g/mol. The van der Waals surface area contributed by atoms with E-state index in [9.17, 15) is 14.7 Å². The van der Waals surface area contributed by atoms with Crippen LogP contribution in [0.25, 0.3) is 0 Å². The summed E-state index contributed by atoms with van der Waals surface area (Å²) in [5.41, 5.74) is 1.13. The summed E-state index contributed by atoms with van der Waals surface area (Å²) in [4.78, 5) is 23.5. The van der Waals surface area contributed by atoms with Crippen LogP contribution in [0.5, 0.6) is 0 Å². The van der Waals surface area contributed by atoms with E-state index in [2.05, 4.69) is 10.4 Å². The second-order valence-corrected chi connectivity index (χ2v) is 6.53. The first-order valence-electron chi connectivity index (χ1n) is 7.17. The third kappa shape index (κ3) is 5.21. The Morgan fingerprint density at radius 1 is 1.43 bits per heavy atom. The van der Waals surface area contributed by atoms with Crippen molar-refractivity contribution in [3.8, 4) is 0 Å². The third-order valence-corrected chi connectivity index (χ3v) is 3.20. The molecule has 1 rings (SSSR count). The van der Waals surface area contributed by atoms with E-state index in [1.54, 1.807) is 17.9 Å². The highest BCUT2D eigenvalue weighted by molar-refractivity contribution is 5.95. The average Bonchev–Trinajstić information content (AvgIpc) is 2.73. The summed E-state index contributed by atoms with van der Waals surface area (Å²) in [6.45, 7) is 8.02. The average molecular weight is 295 g/mol. The Morgan fingerprint density at radius 2 is 2.05 bits per heavy atom. The summed E-state index contributed by atoms with van der Waals surface area (Å²) in [6, 6.07) is 0. The molecule has 1 aromatic rings. The molecule has 118 valence electrons. The maximum Gasteiger partial charge on any atom is 0.308 e. The lowest BCUT2D eigenvalue weighted by molar-refractivity contribution is -0.142. The van der Waals surface area contributed by atoms with Crippen molar-refractivity contribution in [3.05, 3.63) is 17.5 Å². The van der Waals surface area contributed by atoms with Crippen LogP contribution in [-0.2, 0) is 18.3 Å². The van der Waals surface area contributed by atoms with Gasteiger partial charge in [0.05, 0.1) is 17.2 Å². The molecule has 0 radical (unpaired) electrons. The van der Waals surface area contributed by atoms with Crippen LogP contribution in [0.3, 0.4) is 0 Å². The van der Waals surface area contributed by atoms with Crippen LogP contribution in [0.1, 0.15) is 50.2 Å². The molecule has 1 amide bonds. The van der Waals surface area contributed by atoms with Crippen LogP contribution in [-0.4, -0.2) is 33.3 Å². The fourth-order valence-corrected chi connectivity index (χ4v) is 2.28. The minimum Gasteiger partial charge on any atom is -0.481 e. The number of aliphatic carboxylic acids is 1. The van der Waals surface area contributed by atoms with Crippen molar-refractivity contribution in [2.24, 2.45) is 18.4 Å². The highest BCUT2D eigenvalue weighted by Crippen LogP contribution is 2.24. The van der Waals surface area contributed by atoms with Crippen molar-refractivity contribution in [1.29, 1.82) is 0 Å². The minimum atomic E-state index is -0.882. The van der Waals surface area contributed by atoms with Crippen LogP contribution in [0.4, 0.5) is 0 Å². The zero-order chi connectivity index (χ0) is 16.2. The van der Waals surface area contributed by atoms with E-state index < -0.39 is 11.9 Å². The predicted molar refractivity (Wildman–Crippen MR) is 80.1 cm³/mol. The Bertz CT molecular complexity index is 515. The number of aromatic nitrogens is 2. The number of hydrogen-bond donors (Lipinski definition) is 2. The number of carboxylic acids is 1. The number of carbonyl (C=O) groups excluding carboxylic acids is 1. The number of carboxylic acid groups (broad SMARTS) is 1. The van der Waals surface area contributed by atoms with Crippen LogP contribution in [0, 0.1) is 11.3 Å². The van der Waals surface area contributed by atoms with Gasteiger partial charge in [-0.15, -0.1) is 0 Å². The van der Waals surface area contributed by atoms with E-state index in [1.165, 1.54) is 0 Å². The topological polar surface area (TPSA) is 84.2 Å². The van der Waals surface area contributed by atoms with Crippen LogP contribution in [0.15, 0.2) is 6.20 Å². The van der Waals surface area contributed by atoms with Gasteiger partial charge < -0.3 is 10.4 Å². The summed E-state index contributed by atoms with van der Waals surface area (Å²) >= 11 is 0. The van der Waals surface area contributed by atoms with Crippen molar-refractivity contribution >= 4 is 11.9 Å². The van der Waals surface area contributed by atoms with E-state index in [1.807, 2.05) is 27.7 Å². The Kier molecular flexibility index (Phi) is 5.52. The molecule has 2 N–H and O–H groups in total. The molecular formula is C15H25N3O3. The molecule has 0 aliphatic rings. The quantitative estimate of drug-likeness (QED) is 0.839. The normalized spacial score (nSPS) is 13.0. The van der Waals surface area contributed by atoms with E-state index in [-0.39, 0.29) is 17.9 Å². The van der Waals surface area contributed by atoms with Gasteiger partial charge >= 0.3 is 5.97 Å². The molecule has 0 aromatic carbocycles. The minimum absolute atomic E-state index is 0.101. The maximum absolute atomic E-state index is 12.2. The highest BCUT2D eigenvalue weighted by Gasteiger charge is 2.25. The van der Waals surface area contributed by atoms with Gasteiger partial charge in [0.25, 0.3) is 5.91 Å². The Labute approximate surface area is 125 Å². The van der Waals surface area contributed by atoms with E-state index in [0.29, 0.717) is 18.4 Å². The lowest BCUT2D eigenvalue weighted by atomic mass is 9.84. The number of carbonyl (C=O) groups is 2. The number of nitrogens with one attached hydrogen (secondary N) is 1. The molecule has 0 fully saturated rings. The molecule has 0 saturated carbocycles. The Morgan fingerprint density at radius 3 is 2.52 bits per heavy atom. The zero-order valence-corrected chi connectivity index (χ0v) is 13.4. The fraction of sp³-hybridized carbons (Fsp3) is 0.667. The van der Waals surface area contributed by atoms with Crippen LogP contribution < -0.4 is 5.32 Å². The van der Waals surface area contributed by atoms with Crippen molar-refractivity contribution in [2.45, 2.75) is 40.5 Å². The molecule has 1 atom stereocenters. The predicted octanol–water partition coefficient (Wildman–Crippen LogP) is 1.85. The van der Waals surface area contributed by atoms with Gasteiger partial charge in [0.1, 0.15) is 0 Å². The molecule has 1 aromatic heterocycles. The SMILES string of the molecule is CCc1nn(C)cc1C(=O)NCC(CC(C)(C)C)C(=O)O. The molecule has 0 bridgehead atoms.